The second-order valence-electron chi connectivity index (χ2n) is 5.16. The van der Waals surface area contributed by atoms with Crippen molar-refractivity contribution < 1.29 is 9.90 Å². The van der Waals surface area contributed by atoms with E-state index in [2.05, 4.69) is 5.32 Å². The third kappa shape index (κ3) is 2.98. The third-order valence-corrected chi connectivity index (χ3v) is 3.48. The van der Waals surface area contributed by atoms with Gasteiger partial charge in [0.1, 0.15) is 0 Å². The predicted octanol–water partition coefficient (Wildman–Crippen LogP) is 1.66. The van der Waals surface area contributed by atoms with E-state index in [1.807, 2.05) is 44.1 Å². The van der Waals surface area contributed by atoms with Crippen molar-refractivity contribution in [2.24, 2.45) is 0 Å². The molecule has 2 rings (SSSR count). The van der Waals surface area contributed by atoms with Crippen molar-refractivity contribution in [3.05, 3.63) is 23.8 Å². The average Bonchev–Trinajstić information content (AvgIpc) is 2.78. The number of carbonyl (C=O) groups excluding carboxylic acids is 1. The molecule has 0 aromatic heterocycles. The number of hydrogen-bond donors (Lipinski definition) is 2. The molecule has 0 bridgehead atoms. The fraction of sp³-hybridized carbons (Fsp3) is 0.500. The standard InChI is InChI=1S/C14H21N3O2/c1-10-12(5-4-6-13(10)16(2)3)15-14(19)17-8-7-11(18)9-17/h4-6,11,18H,7-9H2,1-3H3,(H,15,19)/t11-/m0/s1. The lowest BCUT2D eigenvalue weighted by Gasteiger charge is -2.21. The molecule has 0 unspecified atom stereocenters. The fourth-order valence-corrected chi connectivity index (χ4v) is 2.36. The molecular weight excluding hydrogens is 242 g/mol. The summed E-state index contributed by atoms with van der Waals surface area (Å²) in [5, 5.41) is 12.4. The summed E-state index contributed by atoms with van der Waals surface area (Å²) in [7, 11) is 3.95. The SMILES string of the molecule is Cc1c(NC(=O)N2CC[C@H](O)C2)cccc1N(C)C. The second-order valence-corrected chi connectivity index (χ2v) is 5.16. The number of rotatable bonds is 2. The Bertz CT molecular complexity index is 474. The number of aliphatic hydroxyl groups excluding tert-OH is 1. The summed E-state index contributed by atoms with van der Waals surface area (Å²) in [6.07, 6.45) is 0.268. The van der Waals surface area contributed by atoms with Crippen LogP contribution in [0, 0.1) is 6.92 Å². The highest BCUT2D eigenvalue weighted by Gasteiger charge is 2.24. The maximum Gasteiger partial charge on any atom is 0.321 e. The van der Waals surface area contributed by atoms with Gasteiger partial charge in [-0.2, -0.15) is 0 Å². The smallest absolute Gasteiger partial charge is 0.321 e. The molecule has 19 heavy (non-hydrogen) atoms. The molecule has 2 N–H and O–H groups in total. The molecule has 1 fully saturated rings. The fourth-order valence-electron chi connectivity index (χ4n) is 2.36. The van der Waals surface area contributed by atoms with Crippen molar-refractivity contribution in [3.63, 3.8) is 0 Å². The first-order valence-electron chi connectivity index (χ1n) is 6.50. The molecule has 104 valence electrons. The lowest BCUT2D eigenvalue weighted by molar-refractivity contribution is 0.176. The maximum atomic E-state index is 12.1. The molecule has 1 saturated heterocycles. The monoisotopic (exact) mass is 263 g/mol. The molecule has 5 nitrogen and oxygen atoms in total. The van der Waals surface area contributed by atoms with Gasteiger partial charge < -0.3 is 20.2 Å². The predicted molar refractivity (Wildman–Crippen MR) is 76.7 cm³/mol. The molecule has 1 aliphatic heterocycles. The van der Waals surface area contributed by atoms with Gasteiger partial charge in [0.15, 0.2) is 0 Å². The van der Waals surface area contributed by atoms with Gasteiger partial charge >= 0.3 is 6.03 Å². The summed E-state index contributed by atoms with van der Waals surface area (Å²) < 4.78 is 0. The van der Waals surface area contributed by atoms with Crippen molar-refractivity contribution in [1.29, 1.82) is 0 Å². The molecule has 1 aliphatic rings. The number of anilines is 2. The molecule has 0 saturated carbocycles. The van der Waals surface area contributed by atoms with Crippen LogP contribution in [0.25, 0.3) is 0 Å². The van der Waals surface area contributed by atoms with Gasteiger partial charge in [-0.1, -0.05) is 6.07 Å². The largest absolute Gasteiger partial charge is 0.391 e. The minimum absolute atomic E-state index is 0.143. The summed E-state index contributed by atoms with van der Waals surface area (Å²) >= 11 is 0. The van der Waals surface area contributed by atoms with Crippen LogP contribution in [0.4, 0.5) is 16.2 Å². The highest BCUT2D eigenvalue weighted by molar-refractivity contribution is 5.91. The summed E-state index contributed by atoms with van der Waals surface area (Å²) in [6.45, 7) is 3.02. The average molecular weight is 263 g/mol. The van der Waals surface area contributed by atoms with Gasteiger partial charge in [-0.25, -0.2) is 4.79 Å². The van der Waals surface area contributed by atoms with Gasteiger partial charge in [0, 0.05) is 38.6 Å². The third-order valence-electron chi connectivity index (χ3n) is 3.48. The van der Waals surface area contributed by atoms with Gasteiger partial charge in [0.05, 0.1) is 6.10 Å². The van der Waals surface area contributed by atoms with E-state index < -0.39 is 0 Å². The molecule has 0 radical (unpaired) electrons. The van der Waals surface area contributed by atoms with Crippen molar-refractivity contribution in [2.45, 2.75) is 19.4 Å². The van der Waals surface area contributed by atoms with Crippen LogP contribution in [-0.2, 0) is 0 Å². The second kappa shape index (κ2) is 5.48. The van der Waals surface area contributed by atoms with Crippen LogP contribution in [0.3, 0.4) is 0 Å². The van der Waals surface area contributed by atoms with Crippen LogP contribution in [-0.4, -0.2) is 49.3 Å². The number of aliphatic hydroxyl groups is 1. The number of benzene rings is 1. The number of carbonyl (C=O) groups is 1. The van der Waals surface area contributed by atoms with Gasteiger partial charge in [-0.3, -0.25) is 0 Å². The first-order valence-corrected chi connectivity index (χ1v) is 6.50. The van der Waals surface area contributed by atoms with Gasteiger partial charge in [-0.05, 0) is 31.0 Å². The first kappa shape index (κ1) is 13.7. The maximum absolute atomic E-state index is 12.1. The minimum atomic E-state index is -0.389. The Morgan fingerprint density at radius 2 is 2.21 bits per heavy atom. The zero-order valence-corrected chi connectivity index (χ0v) is 11.7. The zero-order valence-electron chi connectivity index (χ0n) is 11.7. The molecule has 0 spiro atoms. The van der Waals surface area contributed by atoms with Crippen LogP contribution in [0.1, 0.15) is 12.0 Å². The number of likely N-dealkylation sites (tertiary alicyclic amines) is 1. The van der Waals surface area contributed by atoms with E-state index in [-0.39, 0.29) is 12.1 Å². The normalized spacial score (nSPS) is 18.5. The number of β-amino-alcohol motifs (C(OH)–C–C–N with tert-alkyl or cyclic N) is 1. The molecule has 1 heterocycles. The number of amides is 2. The Labute approximate surface area is 113 Å². The summed E-state index contributed by atoms with van der Waals surface area (Å²) in [4.78, 5) is 15.7. The molecule has 0 aliphatic carbocycles. The molecule has 2 amide bonds. The van der Waals surface area contributed by atoms with Crippen LogP contribution in [0.15, 0.2) is 18.2 Å². The van der Waals surface area contributed by atoms with Gasteiger partial charge in [-0.15, -0.1) is 0 Å². The Morgan fingerprint density at radius 1 is 1.47 bits per heavy atom. The van der Waals surface area contributed by atoms with Gasteiger partial charge in [0.25, 0.3) is 0 Å². The van der Waals surface area contributed by atoms with E-state index in [1.54, 1.807) is 4.90 Å². The number of hydrogen-bond acceptors (Lipinski definition) is 3. The summed E-state index contributed by atoms with van der Waals surface area (Å²) in [5.41, 5.74) is 2.94. The van der Waals surface area contributed by atoms with Gasteiger partial charge in [0.2, 0.25) is 0 Å². The molecule has 1 aromatic rings. The Morgan fingerprint density at radius 3 is 2.79 bits per heavy atom. The van der Waals surface area contributed by atoms with Crippen LogP contribution < -0.4 is 10.2 Å². The van der Waals surface area contributed by atoms with E-state index in [0.717, 1.165) is 16.9 Å². The van der Waals surface area contributed by atoms with Crippen LogP contribution >= 0.6 is 0 Å². The number of nitrogens with zero attached hydrogens (tertiary/aromatic N) is 2. The van der Waals surface area contributed by atoms with Crippen molar-refractivity contribution in [3.8, 4) is 0 Å². The van der Waals surface area contributed by atoms with E-state index in [0.29, 0.717) is 19.5 Å². The summed E-state index contributed by atoms with van der Waals surface area (Å²) in [6, 6.07) is 5.70. The van der Waals surface area contributed by atoms with Crippen LogP contribution in [0.5, 0.6) is 0 Å². The number of urea groups is 1. The number of nitrogens with one attached hydrogen (secondary N) is 1. The summed E-state index contributed by atoms with van der Waals surface area (Å²) in [5.74, 6) is 0. The van der Waals surface area contributed by atoms with Crippen molar-refractivity contribution in [1.82, 2.24) is 4.90 Å². The quantitative estimate of drug-likeness (QED) is 0.853. The van der Waals surface area contributed by atoms with Crippen molar-refractivity contribution >= 4 is 17.4 Å². The lowest BCUT2D eigenvalue weighted by atomic mass is 10.1. The molecule has 1 atom stereocenters. The Kier molecular flexibility index (Phi) is 3.95. The van der Waals surface area contributed by atoms with Crippen molar-refractivity contribution in [2.75, 3.05) is 37.4 Å². The van der Waals surface area contributed by atoms with E-state index in [1.165, 1.54) is 0 Å². The Balaban J connectivity index is 2.11. The minimum Gasteiger partial charge on any atom is -0.391 e. The van der Waals surface area contributed by atoms with Crippen LogP contribution in [0.2, 0.25) is 0 Å². The van der Waals surface area contributed by atoms with E-state index >= 15 is 0 Å². The van der Waals surface area contributed by atoms with E-state index in [4.69, 9.17) is 0 Å². The molecular formula is C14H21N3O2. The first-order chi connectivity index (χ1) is 8.99. The topological polar surface area (TPSA) is 55.8 Å². The zero-order chi connectivity index (χ0) is 14.0. The lowest BCUT2D eigenvalue weighted by Crippen LogP contribution is -2.33. The highest BCUT2D eigenvalue weighted by Crippen LogP contribution is 2.25. The molecule has 5 heteroatoms. The Hall–Kier alpha value is -1.75. The highest BCUT2D eigenvalue weighted by atomic mass is 16.3. The van der Waals surface area contributed by atoms with E-state index in [9.17, 15) is 9.90 Å². The molecule has 1 aromatic carbocycles.